The number of carbonyl (C=O) groups is 3. The molecule has 2 aromatic rings. The van der Waals surface area contributed by atoms with E-state index in [2.05, 4.69) is 10.6 Å². The molecule has 1 saturated heterocycles. The van der Waals surface area contributed by atoms with Crippen molar-refractivity contribution in [3.63, 3.8) is 0 Å². The van der Waals surface area contributed by atoms with Crippen molar-refractivity contribution < 1.29 is 51.2 Å². The average molecular weight is 639 g/mol. The van der Waals surface area contributed by atoms with Gasteiger partial charge in [-0.3, -0.25) is 4.79 Å². The van der Waals surface area contributed by atoms with Gasteiger partial charge in [0.05, 0.1) is 18.8 Å². The number of esters is 1. The number of hydrogen-bond acceptors (Lipinski definition) is 8. The van der Waals surface area contributed by atoms with E-state index < -0.39 is 53.2 Å². The third kappa shape index (κ3) is 11.9. The van der Waals surface area contributed by atoms with Crippen LogP contribution >= 0.6 is 0 Å². The van der Waals surface area contributed by atoms with Crippen LogP contribution in [0.1, 0.15) is 58.2 Å². The molecule has 0 radical (unpaired) electrons. The molecule has 1 unspecified atom stereocenters. The Morgan fingerprint density at radius 2 is 1.51 bits per heavy atom. The summed E-state index contributed by atoms with van der Waals surface area (Å²) >= 11 is 0. The van der Waals surface area contributed by atoms with Crippen molar-refractivity contribution in [1.82, 2.24) is 10.6 Å². The number of benzene rings is 2. The van der Waals surface area contributed by atoms with Gasteiger partial charge in [0, 0.05) is 12.8 Å². The minimum Gasteiger partial charge on any atom is -0.491 e. The van der Waals surface area contributed by atoms with Crippen LogP contribution in [0.5, 0.6) is 5.75 Å². The molecule has 1 aliphatic rings. The van der Waals surface area contributed by atoms with Gasteiger partial charge in [0.25, 0.3) is 0 Å². The Morgan fingerprint density at radius 1 is 0.933 bits per heavy atom. The second-order valence-corrected chi connectivity index (χ2v) is 12.0. The van der Waals surface area contributed by atoms with Gasteiger partial charge in [-0.15, -0.1) is 0 Å². The van der Waals surface area contributed by atoms with Gasteiger partial charge in [0.1, 0.15) is 36.1 Å². The van der Waals surface area contributed by atoms with Crippen LogP contribution in [0.3, 0.4) is 0 Å². The standard InChI is InChI=1S/C32H41F3N2O8/c1-7-41-28(39)26(17-20-8-12-22(13-9-20)32(33,34)35)36-27(38)25(37-29(40)45-30(2,3)4)16-21-10-14-23(15-11-21)42-18-24-19-43-31(5,6)44-24/h8-15,24-26H,7,16-19H2,1-6H3,(H,36,38)(H,37,40)/t24?,25-,26-/m0/s1. The first-order valence-corrected chi connectivity index (χ1v) is 14.6. The fourth-order valence-electron chi connectivity index (χ4n) is 4.42. The number of alkyl halides is 3. The minimum atomic E-state index is -4.52. The van der Waals surface area contributed by atoms with Crippen molar-refractivity contribution in [3.05, 3.63) is 65.2 Å². The van der Waals surface area contributed by atoms with Crippen molar-refractivity contribution in [1.29, 1.82) is 0 Å². The number of hydrogen-bond donors (Lipinski definition) is 2. The molecule has 1 aliphatic heterocycles. The molecule has 2 N–H and O–H groups in total. The summed E-state index contributed by atoms with van der Waals surface area (Å²) in [7, 11) is 0. The third-order valence-electron chi connectivity index (χ3n) is 6.48. The molecular formula is C32H41F3N2O8. The lowest BCUT2D eigenvalue weighted by Crippen LogP contribution is -2.54. The maximum absolute atomic E-state index is 13.5. The summed E-state index contributed by atoms with van der Waals surface area (Å²) in [5.41, 5.74) is -0.656. The van der Waals surface area contributed by atoms with E-state index in [-0.39, 0.29) is 32.2 Å². The molecule has 3 atom stereocenters. The molecular weight excluding hydrogens is 597 g/mol. The van der Waals surface area contributed by atoms with Gasteiger partial charge in [0.2, 0.25) is 5.91 Å². The van der Waals surface area contributed by atoms with E-state index in [4.69, 9.17) is 23.7 Å². The number of ether oxygens (including phenoxy) is 5. The smallest absolute Gasteiger partial charge is 0.416 e. The van der Waals surface area contributed by atoms with E-state index in [9.17, 15) is 27.6 Å². The van der Waals surface area contributed by atoms with Crippen molar-refractivity contribution >= 4 is 18.0 Å². The lowest BCUT2D eigenvalue weighted by Gasteiger charge is -2.25. The van der Waals surface area contributed by atoms with Crippen LogP contribution in [0.4, 0.5) is 18.0 Å². The summed E-state index contributed by atoms with van der Waals surface area (Å²) in [4.78, 5) is 39.0. The van der Waals surface area contributed by atoms with E-state index in [1.54, 1.807) is 52.0 Å². The second-order valence-electron chi connectivity index (χ2n) is 12.0. The zero-order valence-corrected chi connectivity index (χ0v) is 26.3. The highest BCUT2D eigenvalue weighted by molar-refractivity contribution is 5.90. The van der Waals surface area contributed by atoms with Gasteiger partial charge >= 0.3 is 18.2 Å². The van der Waals surface area contributed by atoms with Gasteiger partial charge in [-0.1, -0.05) is 24.3 Å². The molecule has 0 spiro atoms. The number of alkyl carbamates (subject to hydrolysis) is 1. The zero-order valence-electron chi connectivity index (χ0n) is 26.3. The topological polar surface area (TPSA) is 121 Å². The Morgan fingerprint density at radius 3 is 2.02 bits per heavy atom. The molecule has 0 aliphatic carbocycles. The zero-order chi connectivity index (χ0) is 33.4. The maximum atomic E-state index is 13.5. The normalized spacial score (nSPS) is 17.6. The number of nitrogens with one attached hydrogen (secondary N) is 2. The van der Waals surface area contributed by atoms with Crippen molar-refractivity contribution in [2.24, 2.45) is 0 Å². The van der Waals surface area contributed by atoms with Crippen LogP contribution in [0.2, 0.25) is 0 Å². The molecule has 248 valence electrons. The first-order valence-electron chi connectivity index (χ1n) is 14.6. The summed E-state index contributed by atoms with van der Waals surface area (Å²) in [6, 6.07) is 8.73. The van der Waals surface area contributed by atoms with E-state index in [0.29, 0.717) is 23.5 Å². The van der Waals surface area contributed by atoms with Crippen LogP contribution in [-0.4, -0.2) is 67.4 Å². The molecule has 45 heavy (non-hydrogen) atoms. The summed E-state index contributed by atoms with van der Waals surface area (Å²) in [5, 5.41) is 5.16. The predicted molar refractivity (Wildman–Crippen MR) is 157 cm³/mol. The van der Waals surface area contributed by atoms with Crippen LogP contribution < -0.4 is 15.4 Å². The van der Waals surface area contributed by atoms with E-state index in [1.165, 1.54) is 12.1 Å². The first kappa shape index (κ1) is 35.6. The Hall–Kier alpha value is -3.84. The summed E-state index contributed by atoms with van der Waals surface area (Å²) in [6.07, 6.45) is -5.70. The molecule has 2 aromatic carbocycles. The molecule has 0 aromatic heterocycles. The van der Waals surface area contributed by atoms with Crippen molar-refractivity contribution in [2.75, 3.05) is 19.8 Å². The molecule has 10 nitrogen and oxygen atoms in total. The number of carbonyl (C=O) groups excluding carboxylic acids is 3. The van der Waals surface area contributed by atoms with Crippen molar-refractivity contribution in [3.8, 4) is 5.75 Å². The van der Waals surface area contributed by atoms with E-state index >= 15 is 0 Å². The monoisotopic (exact) mass is 638 g/mol. The molecule has 13 heteroatoms. The maximum Gasteiger partial charge on any atom is 0.416 e. The number of amides is 2. The van der Waals surface area contributed by atoms with Gasteiger partial charge in [-0.2, -0.15) is 13.2 Å². The van der Waals surface area contributed by atoms with Gasteiger partial charge in [-0.05, 0) is 76.9 Å². The largest absolute Gasteiger partial charge is 0.491 e. The van der Waals surface area contributed by atoms with Gasteiger partial charge in [0.15, 0.2) is 5.79 Å². The highest BCUT2D eigenvalue weighted by atomic mass is 19.4. The molecule has 0 saturated carbocycles. The Bertz CT molecular complexity index is 1290. The third-order valence-corrected chi connectivity index (χ3v) is 6.48. The molecule has 2 amide bonds. The van der Waals surface area contributed by atoms with E-state index in [1.807, 2.05) is 13.8 Å². The fourth-order valence-corrected chi connectivity index (χ4v) is 4.42. The van der Waals surface area contributed by atoms with Crippen molar-refractivity contribution in [2.45, 2.75) is 90.1 Å². The van der Waals surface area contributed by atoms with Gasteiger partial charge < -0.3 is 34.3 Å². The van der Waals surface area contributed by atoms with Crippen LogP contribution in [0.25, 0.3) is 0 Å². The molecule has 1 heterocycles. The highest BCUT2D eigenvalue weighted by Gasteiger charge is 2.34. The average Bonchev–Trinajstić information content (AvgIpc) is 3.29. The molecule has 1 fully saturated rings. The summed E-state index contributed by atoms with van der Waals surface area (Å²) in [6.45, 7) is 11.0. The van der Waals surface area contributed by atoms with Crippen LogP contribution in [0.15, 0.2) is 48.5 Å². The van der Waals surface area contributed by atoms with Crippen LogP contribution in [-0.2, 0) is 47.6 Å². The predicted octanol–water partition coefficient (Wildman–Crippen LogP) is 4.96. The van der Waals surface area contributed by atoms with E-state index in [0.717, 1.165) is 12.1 Å². The Labute approximate surface area is 260 Å². The Balaban J connectivity index is 1.74. The lowest BCUT2D eigenvalue weighted by molar-refractivity contribution is -0.147. The molecule has 0 bridgehead atoms. The van der Waals surface area contributed by atoms with Crippen LogP contribution in [0, 0.1) is 0 Å². The fraction of sp³-hybridized carbons (Fsp3) is 0.531. The summed E-state index contributed by atoms with van der Waals surface area (Å²) in [5.74, 6) is -1.60. The first-order chi connectivity index (χ1) is 20.9. The SMILES string of the molecule is CCOC(=O)[C@H](Cc1ccc(C(F)(F)F)cc1)NC(=O)[C@H](Cc1ccc(OCC2COC(C)(C)O2)cc1)NC(=O)OC(C)(C)C. The summed E-state index contributed by atoms with van der Waals surface area (Å²) < 4.78 is 66.6. The van der Waals surface area contributed by atoms with Gasteiger partial charge in [-0.25, -0.2) is 9.59 Å². The quantitative estimate of drug-likeness (QED) is 0.313. The minimum absolute atomic E-state index is 0.0177. The highest BCUT2D eigenvalue weighted by Crippen LogP contribution is 2.29. The second kappa shape index (κ2) is 15.0. The number of halogens is 3. The Kier molecular flexibility index (Phi) is 11.8. The molecule has 3 rings (SSSR count). The number of rotatable bonds is 12. The lowest BCUT2D eigenvalue weighted by atomic mass is 10.0.